The molecule has 1 aliphatic heterocycles. The Balaban J connectivity index is 1.41. The van der Waals surface area contributed by atoms with Crippen molar-refractivity contribution >= 4 is 38.8 Å². The van der Waals surface area contributed by atoms with Gasteiger partial charge in [0, 0.05) is 38.8 Å². The van der Waals surface area contributed by atoms with E-state index < -0.39 is 57.1 Å². The number of rotatable bonds is 11. The number of sulfonamides is 1. The van der Waals surface area contributed by atoms with Gasteiger partial charge in [-0.1, -0.05) is 12.1 Å². The van der Waals surface area contributed by atoms with Gasteiger partial charge >= 0.3 is 18.7 Å². The first kappa shape index (κ1) is 36.1. The normalized spacial score (nSPS) is 15.9. The second-order valence-electron chi connectivity index (χ2n) is 10.8. The van der Waals surface area contributed by atoms with Gasteiger partial charge < -0.3 is 24.8 Å². The minimum Gasteiger partial charge on any atom is -0.481 e. The number of nitrogens with zero attached hydrogens (tertiary/aromatic N) is 5. The molecule has 1 aliphatic rings. The third-order valence-electron chi connectivity index (χ3n) is 7.37. The van der Waals surface area contributed by atoms with E-state index in [4.69, 9.17) is 5.11 Å². The van der Waals surface area contributed by atoms with Gasteiger partial charge in [-0.25, -0.2) is 18.4 Å². The average Bonchev–Trinajstić information content (AvgIpc) is 3.05. The lowest BCUT2D eigenvalue weighted by molar-refractivity contribution is -0.275. The molecule has 2 aromatic carbocycles. The van der Waals surface area contributed by atoms with Crippen LogP contribution in [0, 0.1) is 0 Å². The summed E-state index contributed by atoms with van der Waals surface area (Å²) in [5, 5.41) is 11.7. The summed E-state index contributed by atoms with van der Waals surface area (Å²) in [7, 11) is -4.50. The van der Waals surface area contributed by atoms with Gasteiger partial charge in [-0.3, -0.25) is 14.6 Å². The molecule has 50 heavy (non-hydrogen) atoms. The predicted octanol–water partition coefficient (Wildman–Crippen LogP) is 4.04. The van der Waals surface area contributed by atoms with Gasteiger partial charge in [0.1, 0.15) is 28.9 Å². The van der Waals surface area contributed by atoms with Crippen LogP contribution in [0.3, 0.4) is 0 Å². The number of carboxylic acid groups (broad SMARTS) is 1. The fourth-order valence-electron chi connectivity index (χ4n) is 5.10. The maximum absolute atomic E-state index is 13.8. The van der Waals surface area contributed by atoms with Crippen molar-refractivity contribution < 1.29 is 58.9 Å². The summed E-state index contributed by atoms with van der Waals surface area (Å²) < 4.78 is 112. The van der Waals surface area contributed by atoms with Crippen LogP contribution in [0.2, 0.25) is 0 Å². The number of anilines is 1. The van der Waals surface area contributed by atoms with Crippen molar-refractivity contribution in [1.82, 2.24) is 24.6 Å². The third-order valence-corrected chi connectivity index (χ3v) is 9.30. The molecule has 1 fully saturated rings. The average molecular weight is 729 g/mol. The Labute approximate surface area is 279 Å². The van der Waals surface area contributed by atoms with Crippen LogP contribution in [-0.4, -0.2) is 83.1 Å². The van der Waals surface area contributed by atoms with Crippen LogP contribution in [0.5, 0.6) is 11.5 Å². The van der Waals surface area contributed by atoms with Gasteiger partial charge in [0.05, 0.1) is 22.8 Å². The summed E-state index contributed by atoms with van der Waals surface area (Å²) in [4.78, 5) is 39.0. The zero-order valence-electron chi connectivity index (χ0n) is 25.5. The summed E-state index contributed by atoms with van der Waals surface area (Å²) in [5.74, 6) is -2.74. The number of halogens is 6. The summed E-state index contributed by atoms with van der Waals surface area (Å²) in [6.45, 7) is -0.773. The van der Waals surface area contributed by atoms with Crippen LogP contribution >= 0.6 is 0 Å². The Kier molecular flexibility index (Phi) is 10.3. The molecular formula is C30H26F6N6O7S. The van der Waals surface area contributed by atoms with E-state index in [1.54, 1.807) is 4.90 Å². The lowest BCUT2D eigenvalue weighted by atomic mass is 10.1. The Morgan fingerprint density at radius 3 is 2.12 bits per heavy atom. The first-order chi connectivity index (χ1) is 23.5. The van der Waals surface area contributed by atoms with E-state index in [-0.39, 0.29) is 44.8 Å². The lowest BCUT2D eigenvalue weighted by Crippen LogP contribution is -2.60. The van der Waals surface area contributed by atoms with Crippen LogP contribution < -0.4 is 19.7 Å². The second kappa shape index (κ2) is 14.3. The van der Waals surface area contributed by atoms with Crippen molar-refractivity contribution in [2.24, 2.45) is 0 Å². The molecule has 1 atom stereocenters. The number of carbonyl (C=O) groups is 2. The van der Waals surface area contributed by atoms with Gasteiger partial charge in [0.2, 0.25) is 15.9 Å². The summed E-state index contributed by atoms with van der Waals surface area (Å²) in [6.07, 6.45) is -5.74. The number of aryl methyl sites for hydroxylation is 1. The molecule has 13 nitrogen and oxygen atoms in total. The smallest absolute Gasteiger partial charge is 0.481 e. The van der Waals surface area contributed by atoms with Gasteiger partial charge in [0.25, 0.3) is 0 Å². The van der Waals surface area contributed by atoms with E-state index in [9.17, 15) is 44.3 Å². The summed E-state index contributed by atoms with van der Waals surface area (Å²) in [6, 6.07) is 6.64. The monoisotopic (exact) mass is 728 g/mol. The number of benzene rings is 2. The van der Waals surface area contributed by atoms with Crippen molar-refractivity contribution in [2.45, 2.75) is 43.0 Å². The largest absolute Gasteiger partial charge is 0.573 e. The van der Waals surface area contributed by atoms with Crippen LogP contribution in [0.4, 0.5) is 32.2 Å². The number of hydrogen-bond donors (Lipinski definition) is 2. The number of carbonyl (C=O) groups excluding carboxylic acids is 1. The number of ether oxygens (including phenoxy) is 2. The Morgan fingerprint density at radius 2 is 1.52 bits per heavy atom. The number of piperazine rings is 1. The molecule has 0 unspecified atom stereocenters. The number of aliphatic carboxylic acids is 1. The zero-order valence-corrected chi connectivity index (χ0v) is 26.3. The molecule has 0 radical (unpaired) electrons. The minimum absolute atomic E-state index is 0.00528. The molecule has 3 heterocycles. The molecule has 2 N–H and O–H groups in total. The van der Waals surface area contributed by atoms with Crippen LogP contribution in [0.1, 0.15) is 17.5 Å². The van der Waals surface area contributed by atoms with Crippen molar-refractivity contribution in [1.29, 1.82) is 0 Å². The first-order valence-electron chi connectivity index (χ1n) is 14.5. The van der Waals surface area contributed by atoms with Gasteiger partial charge in [0.15, 0.2) is 0 Å². The molecule has 5 rings (SSSR count). The van der Waals surface area contributed by atoms with E-state index in [0.717, 1.165) is 40.7 Å². The van der Waals surface area contributed by atoms with Crippen LogP contribution in [0.25, 0.3) is 11.0 Å². The fourth-order valence-corrected chi connectivity index (χ4v) is 6.67. The minimum atomic E-state index is -5.01. The number of hydrogen-bond acceptors (Lipinski definition) is 10. The third kappa shape index (κ3) is 9.05. The topological polar surface area (TPSA) is 164 Å². The summed E-state index contributed by atoms with van der Waals surface area (Å²) >= 11 is 0. The standard InChI is InChI=1S/C30H26F6N6O7S/c31-29(32,33)48-20-4-1-18(2-5-20)13-39-28(45)24-17-41(25-16-38-23-15-37-14-19(27(23)40-25)3-10-26(43)44)11-12-42(24)50(46,47)22-8-6-21(7-9-22)49-30(34,35)36/h1-2,4-9,14-16,24H,3,10-13,17H2,(H,39,45)(H,43,44)/t24-/m1/s1. The highest BCUT2D eigenvalue weighted by atomic mass is 32.2. The second-order valence-corrected chi connectivity index (χ2v) is 12.7. The SMILES string of the molecule is O=C(O)CCc1cncc2ncc(N3CCN(S(=O)(=O)c4ccc(OC(F)(F)F)cc4)[C@@H](C(=O)NCc4ccc(OC(F)(F)F)cc4)C3)nc12. The predicted molar refractivity (Wildman–Crippen MR) is 161 cm³/mol. The number of carboxylic acids is 1. The molecule has 266 valence electrons. The fraction of sp³-hybridized carbons (Fsp3) is 0.300. The first-order valence-corrected chi connectivity index (χ1v) is 16.0. The maximum Gasteiger partial charge on any atom is 0.573 e. The van der Waals surface area contributed by atoms with Crippen LogP contribution in [-0.2, 0) is 32.6 Å². The number of pyridine rings is 1. The molecule has 0 aliphatic carbocycles. The number of amides is 1. The highest BCUT2D eigenvalue weighted by Crippen LogP contribution is 2.29. The van der Waals surface area contributed by atoms with Gasteiger partial charge in [-0.2, -0.15) is 4.31 Å². The van der Waals surface area contributed by atoms with Gasteiger partial charge in [-0.05, 0) is 53.9 Å². The molecule has 2 aromatic heterocycles. The maximum atomic E-state index is 13.8. The highest BCUT2D eigenvalue weighted by Gasteiger charge is 2.41. The molecule has 1 saturated heterocycles. The van der Waals surface area contributed by atoms with E-state index in [0.29, 0.717) is 22.2 Å². The van der Waals surface area contributed by atoms with Crippen molar-refractivity contribution in [3.63, 3.8) is 0 Å². The lowest BCUT2D eigenvalue weighted by Gasteiger charge is -2.40. The van der Waals surface area contributed by atoms with E-state index in [2.05, 4.69) is 29.7 Å². The van der Waals surface area contributed by atoms with E-state index >= 15 is 0 Å². The summed E-state index contributed by atoms with van der Waals surface area (Å²) in [5.41, 5.74) is 1.59. The van der Waals surface area contributed by atoms with Crippen LogP contribution in [0.15, 0.2) is 72.0 Å². The molecule has 0 bridgehead atoms. The van der Waals surface area contributed by atoms with Gasteiger partial charge in [-0.15, -0.1) is 26.3 Å². The Hall–Kier alpha value is -5.24. The molecule has 0 spiro atoms. The molecule has 0 saturated carbocycles. The van der Waals surface area contributed by atoms with Crippen molar-refractivity contribution in [3.8, 4) is 11.5 Å². The quantitative estimate of drug-likeness (QED) is 0.214. The van der Waals surface area contributed by atoms with Crippen molar-refractivity contribution in [2.75, 3.05) is 24.5 Å². The van der Waals surface area contributed by atoms with Crippen molar-refractivity contribution in [3.05, 3.63) is 78.2 Å². The molecular weight excluding hydrogens is 702 g/mol. The molecule has 1 amide bonds. The number of fused-ring (bicyclic) bond motifs is 1. The Morgan fingerprint density at radius 1 is 0.900 bits per heavy atom. The number of alkyl halides is 6. The molecule has 4 aromatic rings. The highest BCUT2D eigenvalue weighted by molar-refractivity contribution is 7.89. The zero-order chi connectivity index (χ0) is 36.3. The number of aromatic nitrogens is 3. The Bertz CT molecular complexity index is 1960. The molecule has 20 heteroatoms. The van der Waals surface area contributed by atoms with E-state index in [1.165, 1.54) is 30.7 Å². The van der Waals surface area contributed by atoms with E-state index in [1.807, 2.05) is 0 Å². The number of nitrogens with one attached hydrogen (secondary N) is 1.